The van der Waals surface area contributed by atoms with E-state index in [9.17, 15) is 14.9 Å². The third-order valence-corrected chi connectivity index (χ3v) is 2.73. The Hall–Kier alpha value is -2.31. The number of nitro groups is 1. The summed E-state index contributed by atoms with van der Waals surface area (Å²) in [6.45, 7) is 4.60. The summed E-state index contributed by atoms with van der Waals surface area (Å²) in [4.78, 5) is 23.6. The Morgan fingerprint density at radius 2 is 2.10 bits per heavy atom. The molecular formula is C13H18N2O5. The minimum absolute atomic E-state index is 0.0886. The van der Waals surface area contributed by atoms with Gasteiger partial charge in [0.05, 0.1) is 18.6 Å². The molecule has 7 nitrogen and oxygen atoms in total. The van der Waals surface area contributed by atoms with Crippen molar-refractivity contribution >= 4 is 17.3 Å². The fourth-order valence-corrected chi connectivity index (χ4v) is 1.76. The number of rotatable bonds is 7. The molecule has 0 saturated carbocycles. The van der Waals surface area contributed by atoms with Gasteiger partial charge in [-0.05, 0) is 19.9 Å². The molecule has 0 saturated heterocycles. The zero-order valence-corrected chi connectivity index (χ0v) is 11.8. The van der Waals surface area contributed by atoms with Gasteiger partial charge >= 0.3 is 11.7 Å². The fourth-order valence-electron chi connectivity index (χ4n) is 1.76. The highest BCUT2D eigenvalue weighted by molar-refractivity contribution is 5.76. The first-order valence-electron chi connectivity index (χ1n) is 6.26. The summed E-state index contributed by atoms with van der Waals surface area (Å²) in [5.41, 5.74) is 0.562. The molecule has 0 unspecified atom stereocenters. The van der Waals surface area contributed by atoms with Crippen LogP contribution in [0.4, 0.5) is 11.4 Å². The summed E-state index contributed by atoms with van der Waals surface area (Å²) < 4.78 is 9.90. The highest BCUT2D eigenvalue weighted by atomic mass is 16.6. The van der Waals surface area contributed by atoms with Gasteiger partial charge in [0, 0.05) is 24.4 Å². The summed E-state index contributed by atoms with van der Waals surface area (Å²) in [7, 11) is 1.37. The molecular weight excluding hydrogens is 264 g/mol. The number of benzene rings is 1. The highest BCUT2D eigenvalue weighted by Crippen LogP contribution is 2.31. The maximum atomic E-state index is 11.5. The number of ether oxygens (including phenoxy) is 2. The van der Waals surface area contributed by atoms with Gasteiger partial charge in [-0.2, -0.15) is 0 Å². The average molecular weight is 282 g/mol. The van der Waals surface area contributed by atoms with Crippen LogP contribution >= 0.6 is 0 Å². The molecule has 0 aliphatic rings. The molecule has 7 heteroatoms. The van der Waals surface area contributed by atoms with E-state index in [0.717, 1.165) is 0 Å². The van der Waals surface area contributed by atoms with Gasteiger partial charge in [-0.1, -0.05) is 0 Å². The van der Waals surface area contributed by atoms with Crippen molar-refractivity contribution in [1.29, 1.82) is 0 Å². The van der Waals surface area contributed by atoms with E-state index in [0.29, 0.717) is 18.8 Å². The normalized spacial score (nSPS) is 9.95. The maximum Gasteiger partial charge on any atom is 0.325 e. The van der Waals surface area contributed by atoms with Crippen molar-refractivity contribution in [3.8, 4) is 5.75 Å². The van der Waals surface area contributed by atoms with Gasteiger partial charge in [0.15, 0.2) is 5.75 Å². The summed E-state index contributed by atoms with van der Waals surface area (Å²) in [6.07, 6.45) is 0. The van der Waals surface area contributed by atoms with E-state index in [1.54, 1.807) is 24.0 Å². The van der Waals surface area contributed by atoms with E-state index in [-0.39, 0.29) is 24.0 Å². The molecule has 0 radical (unpaired) electrons. The molecule has 0 aliphatic carbocycles. The molecule has 1 rings (SSSR count). The molecule has 0 bridgehead atoms. The van der Waals surface area contributed by atoms with Crippen molar-refractivity contribution < 1.29 is 19.2 Å². The van der Waals surface area contributed by atoms with Crippen LogP contribution in [0.1, 0.15) is 13.8 Å². The van der Waals surface area contributed by atoms with Gasteiger partial charge in [0.1, 0.15) is 6.54 Å². The van der Waals surface area contributed by atoms with E-state index in [2.05, 4.69) is 0 Å². The average Bonchev–Trinajstić information content (AvgIpc) is 2.44. The molecule has 0 fully saturated rings. The number of carbonyl (C=O) groups is 1. The molecule has 110 valence electrons. The van der Waals surface area contributed by atoms with Gasteiger partial charge in [0.2, 0.25) is 0 Å². The standard InChI is InChI=1S/C13H18N2O5/c1-4-14(9-13(16)20-5-2)10-6-7-11(15(17)18)12(8-10)19-3/h6-8H,4-5,9H2,1-3H3. The second-order valence-corrected chi connectivity index (χ2v) is 3.93. The lowest BCUT2D eigenvalue weighted by molar-refractivity contribution is -0.385. The van der Waals surface area contributed by atoms with Crippen molar-refractivity contribution in [2.45, 2.75) is 13.8 Å². The molecule has 1 aromatic rings. The quantitative estimate of drug-likeness (QED) is 0.432. The van der Waals surface area contributed by atoms with Crippen molar-refractivity contribution in [2.75, 3.05) is 31.7 Å². The zero-order chi connectivity index (χ0) is 15.1. The van der Waals surface area contributed by atoms with Crippen LogP contribution in [0.25, 0.3) is 0 Å². The van der Waals surface area contributed by atoms with Crippen LogP contribution in [-0.4, -0.2) is 37.7 Å². The molecule has 1 aromatic carbocycles. The molecule has 0 atom stereocenters. The number of carbonyl (C=O) groups excluding carboxylic acids is 1. The number of anilines is 1. The minimum Gasteiger partial charge on any atom is -0.490 e. The van der Waals surface area contributed by atoms with Gasteiger partial charge < -0.3 is 14.4 Å². The number of esters is 1. The number of methoxy groups -OCH3 is 1. The summed E-state index contributed by atoms with van der Waals surface area (Å²) in [6, 6.07) is 4.49. The van der Waals surface area contributed by atoms with E-state index >= 15 is 0 Å². The zero-order valence-electron chi connectivity index (χ0n) is 11.8. The molecule has 0 aromatic heterocycles. The third kappa shape index (κ3) is 3.84. The number of likely N-dealkylation sites (N-methyl/N-ethyl adjacent to an activating group) is 1. The Balaban J connectivity index is 2.98. The second kappa shape index (κ2) is 7.32. The number of nitro benzene ring substituents is 1. The van der Waals surface area contributed by atoms with E-state index < -0.39 is 4.92 Å². The minimum atomic E-state index is -0.510. The van der Waals surface area contributed by atoms with Crippen LogP contribution in [0.5, 0.6) is 5.75 Å². The van der Waals surface area contributed by atoms with E-state index in [4.69, 9.17) is 9.47 Å². The first kappa shape index (κ1) is 15.7. The first-order valence-corrected chi connectivity index (χ1v) is 6.26. The van der Waals surface area contributed by atoms with E-state index in [1.165, 1.54) is 13.2 Å². The van der Waals surface area contributed by atoms with E-state index in [1.807, 2.05) is 6.92 Å². The lowest BCUT2D eigenvalue weighted by Gasteiger charge is -2.22. The number of hydrogen-bond donors (Lipinski definition) is 0. The molecule has 0 amide bonds. The molecule has 0 aliphatic heterocycles. The number of hydrogen-bond acceptors (Lipinski definition) is 6. The van der Waals surface area contributed by atoms with Gasteiger partial charge in [-0.3, -0.25) is 14.9 Å². The summed E-state index contributed by atoms with van der Waals surface area (Å²) in [5, 5.41) is 10.8. The Labute approximate surface area is 117 Å². The molecule has 0 N–H and O–H groups in total. The lowest BCUT2D eigenvalue weighted by Crippen LogP contribution is -2.30. The van der Waals surface area contributed by atoms with Crippen molar-refractivity contribution in [3.05, 3.63) is 28.3 Å². The van der Waals surface area contributed by atoms with Crippen LogP contribution in [0.2, 0.25) is 0 Å². The van der Waals surface area contributed by atoms with Crippen molar-refractivity contribution in [2.24, 2.45) is 0 Å². The molecule has 0 spiro atoms. The van der Waals surface area contributed by atoms with Gasteiger partial charge in [0.25, 0.3) is 0 Å². The topological polar surface area (TPSA) is 81.9 Å². The molecule has 20 heavy (non-hydrogen) atoms. The Morgan fingerprint density at radius 1 is 1.40 bits per heavy atom. The van der Waals surface area contributed by atoms with Crippen LogP contribution in [-0.2, 0) is 9.53 Å². The molecule has 0 heterocycles. The first-order chi connectivity index (χ1) is 9.53. The Bertz CT molecular complexity index is 490. The SMILES string of the molecule is CCOC(=O)CN(CC)c1ccc([N+](=O)[O-])c(OC)c1. The van der Waals surface area contributed by atoms with Crippen LogP contribution in [0, 0.1) is 10.1 Å². The predicted molar refractivity (Wildman–Crippen MR) is 74.2 cm³/mol. The van der Waals surface area contributed by atoms with Crippen molar-refractivity contribution in [3.63, 3.8) is 0 Å². The summed E-state index contributed by atoms with van der Waals surface area (Å²) in [5.74, 6) is -0.179. The monoisotopic (exact) mass is 282 g/mol. The Morgan fingerprint density at radius 3 is 2.60 bits per heavy atom. The van der Waals surface area contributed by atoms with Crippen molar-refractivity contribution in [1.82, 2.24) is 0 Å². The van der Waals surface area contributed by atoms with Crippen LogP contribution in [0.3, 0.4) is 0 Å². The fraction of sp³-hybridized carbons (Fsp3) is 0.462. The second-order valence-electron chi connectivity index (χ2n) is 3.93. The lowest BCUT2D eigenvalue weighted by atomic mass is 10.2. The third-order valence-electron chi connectivity index (χ3n) is 2.73. The highest BCUT2D eigenvalue weighted by Gasteiger charge is 2.18. The predicted octanol–water partition coefficient (Wildman–Crippen LogP) is 1.99. The number of nitrogens with zero attached hydrogens (tertiary/aromatic N) is 2. The van der Waals surface area contributed by atoms with Crippen LogP contribution in [0.15, 0.2) is 18.2 Å². The Kier molecular flexibility index (Phi) is 5.76. The smallest absolute Gasteiger partial charge is 0.325 e. The van der Waals surface area contributed by atoms with Crippen LogP contribution < -0.4 is 9.64 Å². The summed E-state index contributed by atoms with van der Waals surface area (Å²) >= 11 is 0. The van der Waals surface area contributed by atoms with Gasteiger partial charge in [-0.15, -0.1) is 0 Å². The largest absolute Gasteiger partial charge is 0.490 e. The maximum absolute atomic E-state index is 11.5. The van der Waals surface area contributed by atoms with Gasteiger partial charge in [-0.25, -0.2) is 0 Å².